The van der Waals surface area contributed by atoms with Gasteiger partial charge in [0.1, 0.15) is 22.7 Å². The molecule has 0 bridgehead atoms. The molecule has 0 saturated heterocycles. The maximum Gasteiger partial charge on any atom is 0.165 e. The van der Waals surface area contributed by atoms with Crippen molar-refractivity contribution in [1.29, 1.82) is 0 Å². The maximum absolute atomic E-state index is 4.96. The van der Waals surface area contributed by atoms with Crippen molar-refractivity contribution in [3.05, 3.63) is 36.1 Å². The molecule has 0 radical (unpaired) electrons. The van der Waals surface area contributed by atoms with Crippen LogP contribution in [0.15, 0.2) is 30.3 Å². The van der Waals surface area contributed by atoms with E-state index in [1.807, 2.05) is 22.3 Å². The summed E-state index contributed by atoms with van der Waals surface area (Å²) in [4.78, 5) is 16.3. The van der Waals surface area contributed by atoms with Gasteiger partial charge in [0.25, 0.3) is 0 Å². The first kappa shape index (κ1) is 17.0. The molecule has 5 heterocycles. The number of nitrogens with zero attached hydrogens (tertiary/aromatic N) is 8. The lowest BCUT2D eigenvalue weighted by atomic mass is 10.1. The smallest absolute Gasteiger partial charge is 0.165 e. The van der Waals surface area contributed by atoms with Crippen LogP contribution in [0.4, 0.5) is 5.82 Å². The molecule has 0 fully saturated rings. The average Bonchev–Trinajstić information content (AvgIpc) is 3.46. The van der Waals surface area contributed by atoms with Crippen LogP contribution in [0, 0.1) is 0 Å². The lowest BCUT2D eigenvalue weighted by Gasteiger charge is -2.39. The molecule has 0 unspecified atom stereocenters. The van der Waals surface area contributed by atoms with Crippen LogP contribution in [0.25, 0.3) is 27.8 Å². The lowest BCUT2D eigenvalue weighted by molar-refractivity contribution is 0.497. The van der Waals surface area contributed by atoms with Gasteiger partial charge in [-0.1, -0.05) is 6.92 Å². The van der Waals surface area contributed by atoms with Crippen molar-refractivity contribution in [2.24, 2.45) is 0 Å². The van der Waals surface area contributed by atoms with Gasteiger partial charge in [-0.2, -0.15) is 5.10 Å². The molecule has 10 heteroatoms. The van der Waals surface area contributed by atoms with Crippen LogP contribution in [0.2, 0.25) is 0 Å². The van der Waals surface area contributed by atoms with Crippen molar-refractivity contribution in [2.45, 2.75) is 39.3 Å². The molecular weight excluding hydrogens is 374 g/mol. The van der Waals surface area contributed by atoms with E-state index < -0.39 is 0 Å². The molecule has 142 valence electrons. The Morgan fingerprint density at radius 3 is 2.93 bits per heavy atom. The number of nitrogens with one attached hydrogen (secondary N) is 1. The second kappa shape index (κ2) is 6.48. The largest absolute Gasteiger partial charge is 0.342 e. The molecule has 0 spiro atoms. The molecule has 0 aromatic carbocycles. The molecule has 1 atom stereocenters. The summed E-state index contributed by atoms with van der Waals surface area (Å²) in [6.45, 7) is 6.49. The van der Waals surface area contributed by atoms with Crippen molar-refractivity contribution in [2.75, 3.05) is 4.90 Å². The third kappa shape index (κ3) is 2.44. The van der Waals surface area contributed by atoms with Crippen molar-refractivity contribution in [1.82, 2.24) is 39.9 Å². The van der Waals surface area contributed by atoms with Gasteiger partial charge < -0.3 is 4.90 Å². The SMILES string of the molecule is CC[C@@H]1c2nncn2-c2cnc(-c3c[nH]nc3-c3nccs3)nc2N1C(C)C. The Kier molecular flexibility index (Phi) is 3.93. The fraction of sp³-hybridized carbons (Fsp3) is 0.333. The van der Waals surface area contributed by atoms with Gasteiger partial charge >= 0.3 is 0 Å². The number of thiazole rings is 1. The molecule has 1 N–H and O–H groups in total. The highest BCUT2D eigenvalue weighted by molar-refractivity contribution is 7.13. The maximum atomic E-state index is 4.96. The Morgan fingerprint density at radius 2 is 2.18 bits per heavy atom. The Hall–Kier alpha value is -3.14. The molecule has 5 rings (SSSR count). The fourth-order valence-electron chi connectivity index (χ4n) is 3.73. The summed E-state index contributed by atoms with van der Waals surface area (Å²) in [5.41, 5.74) is 2.49. The quantitative estimate of drug-likeness (QED) is 0.568. The number of aromatic nitrogens is 8. The van der Waals surface area contributed by atoms with E-state index >= 15 is 0 Å². The first-order chi connectivity index (χ1) is 13.7. The lowest BCUT2D eigenvalue weighted by Crippen LogP contribution is -2.40. The van der Waals surface area contributed by atoms with E-state index in [1.54, 1.807) is 12.5 Å². The minimum Gasteiger partial charge on any atom is -0.342 e. The number of anilines is 1. The summed E-state index contributed by atoms with van der Waals surface area (Å²) >= 11 is 1.54. The molecule has 0 saturated carbocycles. The summed E-state index contributed by atoms with van der Waals surface area (Å²) in [6.07, 6.45) is 8.07. The number of fused-ring (bicyclic) bond motifs is 3. The second-order valence-electron chi connectivity index (χ2n) is 6.87. The Bertz CT molecular complexity index is 1110. The van der Waals surface area contributed by atoms with Crippen LogP contribution in [-0.4, -0.2) is 46.0 Å². The average molecular weight is 393 g/mol. The fourth-order valence-corrected chi connectivity index (χ4v) is 4.37. The molecule has 1 aliphatic heterocycles. The first-order valence-corrected chi connectivity index (χ1v) is 10.1. The predicted molar refractivity (Wildman–Crippen MR) is 106 cm³/mol. The Balaban J connectivity index is 1.69. The van der Waals surface area contributed by atoms with Crippen molar-refractivity contribution in [3.63, 3.8) is 0 Å². The molecule has 0 amide bonds. The number of rotatable bonds is 4. The van der Waals surface area contributed by atoms with Gasteiger partial charge in [-0.25, -0.2) is 15.0 Å². The third-order valence-corrected chi connectivity index (χ3v) is 5.70. The van der Waals surface area contributed by atoms with E-state index in [9.17, 15) is 0 Å². The van der Waals surface area contributed by atoms with Crippen LogP contribution in [0.3, 0.4) is 0 Å². The van der Waals surface area contributed by atoms with Gasteiger partial charge in [0.05, 0.1) is 17.8 Å². The highest BCUT2D eigenvalue weighted by Crippen LogP contribution is 2.40. The van der Waals surface area contributed by atoms with Crippen molar-refractivity contribution < 1.29 is 0 Å². The summed E-state index contributed by atoms with van der Waals surface area (Å²) < 4.78 is 1.99. The third-order valence-electron chi connectivity index (χ3n) is 4.92. The van der Waals surface area contributed by atoms with Gasteiger partial charge in [0.15, 0.2) is 17.5 Å². The molecule has 4 aromatic heterocycles. The minimum atomic E-state index is 0.112. The van der Waals surface area contributed by atoms with Crippen LogP contribution >= 0.6 is 11.3 Å². The van der Waals surface area contributed by atoms with Crippen molar-refractivity contribution >= 4 is 17.2 Å². The Morgan fingerprint density at radius 1 is 1.29 bits per heavy atom. The topological polar surface area (TPSA) is 101 Å². The van der Waals surface area contributed by atoms with Gasteiger partial charge in [-0.05, 0) is 20.3 Å². The zero-order chi connectivity index (χ0) is 19.3. The number of aromatic amines is 1. The van der Waals surface area contributed by atoms with Gasteiger partial charge in [-0.15, -0.1) is 21.5 Å². The summed E-state index contributed by atoms with van der Waals surface area (Å²) in [5, 5.41) is 18.5. The summed E-state index contributed by atoms with van der Waals surface area (Å²) in [5.74, 6) is 2.42. The van der Waals surface area contributed by atoms with Gasteiger partial charge in [0.2, 0.25) is 0 Å². The van der Waals surface area contributed by atoms with Crippen LogP contribution in [0.5, 0.6) is 0 Å². The van der Waals surface area contributed by atoms with Crippen LogP contribution in [-0.2, 0) is 0 Å². The minimum absolute atomic E-state index is 0.112. The highest BCUT2D eigenvalue weighted by Gasteiger charge is 2.35. The zero-order valence-corrected chi connectivity index (χ0v) is 16.6. The second-order valence-corrected chi connectivity index (χ2v) is 7.77. The number of hydrogen-bond acceptors (Lipinski definition) is 8. The molecule has 0 aliphatic carbocycles. The normalized spacial score (nSPS) is 15.7. The highest BCUT2D eigenvalue weighted by atomic mass is 32.1. The summed E-state index contributed by atoms with van der Waals surface area (Å²) in [6, 6.07) is 0.361. The molecular formula is C18H19N9S. The number of hydrogen-bond donors (Lipinski definition) is 1. The van der Waals surface area contributed by atoms with E-state index in [1.165, 1.54) is 11.3 Å². The zero-order valence-electron chi connectivity index (χ0n) is 15.7. The molecule has 28 heavy (non-hydrogen) atoms. The van der Waals surface area contributed by atoms with E-state index in [-0.39, 0.29) is 12.1 Å². The monoisotopic (exact) mass is 393 g/mol. The number of H-pyrrole nitrogens is 1. The van der Waals surface area contributed by atoms with E-state index in [0.717, 1.165) is 40.0 Å². The standard InChI is InChI=1S/C18H19N9S/c1-4-12-17-25-22-9-26(17)13-8-20-15(23-16(13)27(12)10(2)3)11-7-21-24-14(11)18-19-5-6-28-18/h5-10,12H,4H2,1-3H3,(H,21,24)/t12-/m1/s1. The van der Waals surface area contributed by atoms with Gasteiger partial charge in [0, 0.05) is 23.8 Å². The van der Waals surface area contributed by atoms with Gasteiger partial charge in [-0.3, -0.25) is 9.67 Å². The molecule has 4 aromatic rings. The van der Waals surface area contributed by atoms with Crippen LogP contribution in [0.1, 0.15) is 39.1 Å². The molecule has 9 nitrogen and oxygen atoms in total. The van der Waals surface area contributed by atoms with Crippen LogP contribution < -0.4 is 4.90 Å². The first-order valence-electron chi connectivity index (χ1n) is 9.18. The van der Waals surface area contributed by atoms with E-state index in [0.29, 0.717) is 5.82 Å². The van der Waals surface area contributed by atoms with E-state index in [2.05, 4.69) is 56.0 Å². The predicted octanol–water partition coefficient (Wildman–Crippen LogP) is 3.25. The summed E-state index contributed by atoms with van der Waals surface area (Å²) in [7, 11) is 0. The Labute approximate surface area is 165 Å². The van der Waals surface area contributed by atoms with Crippen molar-refractivity contribution in [3.8, 4) is 27.8 Å². The van der Waals surface area contributed by atoms with E-state index in [4.69, 9.17) is 4.98 Å². The molecule has 1 aliphatic rings.